The Bertz CT molecular complexity index is 505. The molecular weight excluding hydrogens is 214 g/mol. The number of rotatable bonds is 2. The fourth-order valence-electron chi connectivity index (χ4n) is 1.36. The van der Waals surface area contributed by atoms with Crippen LogP contribution in [-0.2, 0) is 0 Å². The lowest BCUT2D eigenvalue weighted by Gasteiger charge is -1.98. The van der Waals surface area contributed by atoms with E-state index in [-0.39, 0.29) is 11.5 Å². The second kappa shape index (κ2) is 3.87. The van der Waals surface area contributed by atoms with Crippen LogP contribution < -0.4 is 0 Å². The molecule has 3 nitrogen and oxygen atoms in total. The summed E-state index contributed by atoms with van der Waals surface area (Å²) < 4.78 is 4.88. The summed E-state index contributed by atoms with van der Waals surface area (Å²) >= 11 is 5.86. The molecule has 0 aliphatic heterocycles. The number of ketones is 1. The maximum atomic E-state index is 11.2. The summed E-state index contributed by atoms with van der Waals surface area (Å²) in [7, 11) is 0. The molecule has 2 aromatic rings. The first-order valence-corrected chi connectivity index (χ1v) is 4.78. The molecule has 0 spiro atoms. The lowest BCUT2D eigenvalue weighted by molar-refractivity contribution is 0.0979. The molecule has 4 heteroatoms. The zero-order valence-corrected chi connectivity index (χ0v) is 8.78. The number of carbonyl (C=O) groups is 1. The molecule has 1 heterocycles. The van der Waals surface area contributed by atoms with Crippen molar-refractivity contribution in [2.75, 3.05) is 0 Å². The average Bonchev–Trinajstić information content (AvgIpc) is 2.65. The van der Waals surface area contributed by atoms with Gasteiger partial charge in [0.1, 0.15) is 0 Å². The van der Waals surface area contributed by atoms with Crippen LogP contribution in [-0.4, -0.2) is 10.9 Å². The van der Waals surface area contributed by atoms with Gasteiger partial charge in [0.05, 0.1) is 11.8 Å². The third-order valence-corrected chi connectivity index (χ3v) is 2.26. The Kier molecular flexibility index (Phi) is 2.56. The Morgan fingerprint density at radius 2 is 2.27 bits per heavy atom. The number of halogens is 1. The Labute approximate surface area is 91.6 Å². The third-order valence-electron chi connectivity index (χ3n) is 2.03. The molecule has 0 atom stereocenters. The summed E-state index contributed by atoms with van der Waals surface area (Å²) in [5.41, 5.74) is 1.50. The van der Waals surface area contributed by atoms with Crippen LogP contribution in [0.3, 0.4) is 0 Å². The van der Waals surface area contributed by atoms with E-state index in [0.29, 0.717) is 10.6 Å². The summed E-state index contributed by atoms with van der Waals surface area (Å²) in [5.74, 6) is 0.111. The standard InChI is InChI=1S/C11H8ClNO2/c1-7(14)11-10(6-13-15-11)8-3-2-4-9(12)5-8/h2-6H,1H3. The predicted molar refractivity (Wildman–Crippen MR) is 57.0 cm³/mol. The van der Waals surface area contributed by atoms with Crippen LogP contribution in [0.4, 0.5) is 0 Å². The van der Waals surface area contributed by atoms with E-state index >= 15 is 0 Å². The number of hydrogen-bond acceptors (Lipinski definition) is 3. The minimum absolute atomic E-state index is 0.150. The first kappa shape index (κ1) is 9.93. The maximum Gasteiger partial charge on any atom is 0.209 e. The second-order valence-corrected chi connectivity index (χ2v) is 3.57. The SMILES string of the molecule is CC(=O)c1oncc1-c1cccc(Cl)c1. The lowest BCUT2D eigenvalue weighted by Crippen LogP contribution is -1.91. The van der Waals surface area contributed by atoms with Crippen LogP contribution in [0.1, 0.15) is 17.5 Å². The van der Waals surface area contributed by atoms with Crippen molar-refractivity contribution in [1.82, 2.24) is 5.16 Å². The summed E-state index contributed by atoms with van der Waals surface area (Å²) in [6, 6.07) is 7.20. The highest BCUT2D eigenvalue weighted by molar-refractivity contribution is 6.30. The average molecular weight is 222 g/mol. The highest BCUT2D eigenvalue weighted by atomic mass is 35.5. The molecule has 15 heavy (non-hydrogen) atoms. The van der Waals surface area contributed by atoms with Crippen molar-refractivity contribution in [2.24, 2.45) is 0 Å². The first-order chi connectivity index (χ1) is 7.18. The number of nitrogens with zero attached hydrogens (tertiary/aromatic N) is 1. The Morgan fingerprint density at radius 3 is 2.93 bits per heavy atom. The topological polar surface area (TPSA) is 43.1 Å². The van der Waals surface area contributed by atoms with Gasteiger partial charge < -0.3 is 4.52 Å². The molecule has 0 amide bonds. The third kappa shape index (κ3) is 1.92. The van der Waals surface area contributed by atoms with Crippen LogP contribution >= 0.6 is 11.6 Å². The zero-order valence-electron chi connectivity index (χ0n) is 8.03. The highest BCUT2D eigenvalue weighted by Gasteiger charge is 2.14. The molecule has 0 N–H and O–H groups in total. The van der Waals surface area contributed by atoms with Crippen molar-refractivity contribution in [2.45, 2.75) is 6.92 Å². The Balaban J connectivity index is 2.54. The summed E-state index contributed by atoms with van der Waals surface area (Å²) in [4.78, 5) is 11.2. The van der Waals surface area contributed by atoms with Gasteiger partial charge in [-0.05, 0) is 17.7 Å². The Hall–Kier alpha value is -1.61. The molecule has 0 unspecified atom stereocenters. The van der Waals surface area contributed by atoms with Crippen LogP contribution in [0.25, 0.3) is 11.1 Å². The van der Waals surface area contributed by atoms with Gasteiger partial charge in [-0.3, -0.25) is 4.79 Å². The molecule has 0 radical (unpaired) electrons. The molecular formula is C11H8ClNO2. The number of benzene rings is 1. The van der Waals surface area contributed by atoms with Crippen molar-refractivity contribution in [3.63, 3.8) is 0 Å². The van der Waals surface area contributed by atoms with Crippen molar-refractivity contribution < 1.29 is 9.32 Å². The van der Waals surface area contributed by atoms with E-state index in [0.717, 1.165) is 5.56 Å². The normalized spacial score (nSPS) is 10.3. The van der Waals surface area contributed by atoms with E-state index in [4.69, 9.17) is 16.1 Å². The summed E-state index contributed by atoms with van der Waals surface area (Å²) in [5, 5.41) is 4.22. The van der Waals surface area contributed by atoms with Crippen LogP contribution in [0.2, 0.25) is 5.02 Å². The fraction of sp³-hybridized carbons (Fsp3) is 0.0909. The molecule has 1 aromatic heterocycles. The van der Waals surface area contributed by atoms with Gasteiger partial charge in [0, 0.05) is 11.9 Å². The van der Waals surface area contributed by atoms with E-state index in [2.05, 4.69) is 5.16 Å². The summed E-state index contributed by atoms with van der Waals surface area (Å²) in [6.07, 6.45) is 1.52. The zero-order chi connectivity index (χ0) is 10.8. The number of Topliss-reactive ketones (excluding diaryl/α,β-unsaturated/α-hetero) is 1. The molecule has 0 aliphatic carbocycles. The Morgan fingerprint density at radius 1 is 1.47 bits per heavy atom. The molecule has 76 valence electrons. The fourth-order valence-corrected chi connectivity index (χ4v) is 1.55. The molecule has 0 saturated carbocycles. The number of hydrogen-bond donors (Lipinski definition) is 0. The van der Waals surface area contributed by atoms with Gasteiger partial charge in [0.2, 0.25) is 5.76 Å². The molecule has 2 rings (SSSR count). The molecule has 0 fully saturated rings. The molecule has 0 saturated heterocycles. The van der Waals surface area contributed by atoms with Gasteiger partial charge in [-0.25, -0.2) is 0 Å². The molecule has 0 aliphatic rings. The lowest BCUT2D eigenvalue weighted by atomic mass is 10.1. The quantitative estimate of drug-likeness (QED) is 0.732. The van der Waals surface area contributed by atoms with Crippen molar-refractivity contribution in [3.8, 4) is 11.1 Å². The second-order valence-electron chi connectivity index (χ2n) is 3.14. The van der Waals surface area contributed by atoms with Crippen LogP contribution in [0.15, 0.2) is 35.0 Å². The van der Waals surface area contributed by atoms with E-state index in [1.165, 1.54) is 13.1 Å². The van der Waals surface area contributed by atoms with Gasteiger partial charge in [-0.15, -0.1) is 0 Å². The highest BCUT2D eigenvalue weighted by Crippen LogP contribution is 2.26. The molecule has 0 bridgehead atoms. The van der Waals surface area contributed by atoms with E-state index < -0.39 is 0 Å². The maximum absolute atomic E-state index is 11.2. The van der Waals surface area contributed by atoms with Crippen molar-refractivity contribution in [3.05, 3.63) is 41.2 Å². The minimum Gasteiger partial charge on any atom is -0.352 e. The minimum atomic E-state index is -0.150. The predicted octanol–water partition coefficient (Wildman–Crippen LogP) is 3.20. The number of aromatic nitrogens is 1. The van der Waals surface area contributed by atoms with E-state index in [9.17, 15) is 4.79 Å². The van der Waals surface area contributed by atoms with E-state index in [1.807, 2.05) is 12.1 Å². The van der Waals surface area contributed by atoms with Gasteiger partial charge in [-0.1, -0.05) is 28.9 Å². The van der Waals surface area contributed by atoms with Crippen LogP contribution in [0, 0.1) is 0 Å². The van der Waals surface area contributed by atoms with Gasteiger partial charge in [-0.2, -0.15) is 0 Å². The van der Waals surface area contributed by atoms with Gasteiger partial charge in [0.25, 0.3) is 0 Å². The number of carbonyl (C=O) groups excluding carboxylic acids is 1. The van der Waals surface area contributed by atoms with Gasteiger partial charge >= 0.3 is 0 Å². The first-order valence-electron chi connectivity index (χ1n) is 4.40. The monoisotopic (exact) mass is 221 g/mol. The molecule has 1 aromatic carbocycles. The van der Waals surface area contributed by atoms with Crippen LogP contribution in [0.5, 0.6) is 0 Å². The van der Waals surface area contributed by atoms with Gasteiger partial charge in [0.15, 0.2) is 5.78 Å². The smallest absolute Gasteiger partial charge is 0.209 e. The summed E-state index contributed by atoms with van der Waals surface area (Å²) in [6.45, 7) is 1.44. The van der Waals surface area contributed by atoms with Crippen molar-refractivity contribution in [1.29, 1.82) is 0 Å². The largest absolute Gasteiger partial charge is 0.352 e. The van der Waals surface area contributed by atoms with Crippen molar-refractivity contribution >= 4 is 17.4 Å². The van der Waals surface area contributed by atoms with E-state index in [1.54, 1.807) is 12.1 Å².